The van der Waals surface area contributed by atoms with E-state index >= 15 is 0 Å². The van der Waals surface area contributed by atoms with Crippen molar-refractivity contribution in [3.05, 3.63) is 35.4 Å². The Bertz CT molecular complexity index is 843. The summed E-state index contributed by atoms with van der Waals surface area (Å²) in [4.78, 5) is 14.6. The van der Waals surface area contributed by atoms with Gasteiger partial charge in [0, 0.05) is 29.5 Å². The Kier molecular flexibility index (Phi) is 3.77. The van der Waals surface area contributed by atoms with E-state index in [0.717, 1.165) is 23.3 Å². The van der Waals surface area contributed by atoms with Gasteiger partial charge in [-0.25, -0.2) is 0 Å². The Labute approximate surface area is 154 Å². The van der Waals surface area contributed by atoms with Crippen LogP contribution in [0.1, 0.15) is 50.0 Å². The topological polar surface area (TPSA) is 52.8 Å². The molecule has 0 saturated carbocycles. The van der Waals surface area contributed by atoms with Crippen LogP contribution in [0.5, 0.6) is 0 Å². The van der Waals surface area contributed by atoms with E-state index in [0.29, 0.717) is 37.6 Å². The molecule has 2 heterocycles. The number of carbonyl (C=O) groups is 1. The predicted octanol–water partition coefficient (Wildman–Crippen LogP) is 3.49. The smallest absolute Gasteiger partial charge is 0.266 e. The van der Waals surface area contributed by atoms with Crippen LogP contribution in [-0.4, -0.2) is 52.8 Å². The van der Waals surface area contributed by atoms with Gasteiger partial charge >= 0.3 is 0 Å². The second-order valence-electron chi connectivity index (χ2n) is 8.90. The zero-order valence-corrected chi connectivity index (χ0v) is 16.0. The summed E-state index contributed by atoms with van der Waals surface area (Å²) < 4.78 is 6.63. The van der Waals surface area contributed by atoms with Gasteiger partial charge in [-0.15, -0.1) is 0 Å². The number of hydrogen-bond donors (Lipinski definition) is 1. The number of carbonyl (C=O) groups excluding carboxylic acids is 1. The highest BCUT2D eigenvalue weighted by Gasteiger charge is 2.50. The maximum atomic E-state index is 12.8. The largest absolute Gasteiger partial charge is 0.378 e. The molecule has 0 unspecified atom stereocenters. The number of rotatable bonds is 1. The first-order valence-electron chi connectivity index (χ1n) is 9.31. The molecule has 1 fully saturated rings. The molecule has 138 valence electrons. The van der Waals surface area contributed by atoms with Crippen molar-refractivity contribution in [1.29, 1.82) is 0 Å². The number of allylic oxidation sites excluding steroid dienone is 2. The normalized spacial score (nSPS) is 23.4. The molecule has 3 aliphatic rings. The van der Waals surface area contributed by atoms with Gasteiger partial charge in [0.2, 0.25) is 5.71 Å². The Morgan fingerprint density at radius 3 is 2.58 bits per heavy atom. The van der Waals surface area contributed by atoms with Gasteiger partial charge in [-0.1, -0.05) is 19.9 Å². The van der Waals surface area contributed by atoms with Gasteiger partial charge in [0.1, 0.15) is 0 Å². The summed E-state index contributed by atoms with van der Waals surface area (Å²) >= 11 is 0. The molecular formula is C21H27N2O3+. The number of ether oxygens (including phenoxy) is 1. The van der Waals surface area contributed by atoms with E-state index in [4.69, 9.17) is 4.74 Å². The standard InChI is InChI=1S/C21H27N2O3/c1-20(2)12-16-15-6-5-14(19(24)22-7-9-26-10-8-22)11-17(15)23(25)18(16)21(3,4)13-20/h5-6,11-12,25H,7-10,13H2,1-4H3/q+1. The summed E-state index contributed by atoms with van der Waals surface area (Å²) in [6.07, 6.45) is 3.22. The number of hydrogen-bond acceptors (Lipinski definition) is 3. The zero-order valence-electron chi connectivity index (χ0n) is 16.0. The fourth-order valence-corrected chi connectivity index (χ4v) is 4.84. The van der Waals surface area contributed by atoms with Crippen LogP contribution in [0.25, 0.3) is 5.57 Å². The molecule has 1 aromatic carbocycles. The molecule has 1 aliphatic carbocycles. The Hall–Kier alpha value is -2.14. The van der Waals surface area contributed by atoms with Gasteiger partial charge in [-0.05, 0) is 37.8 Å². The first-order valence-corrected chi connectivity index (χ1v) is 9.31. The van der Waals surface area contributed by atoms with Crippen molar-refractivity contribution in [2.24, 2.45) is 10.8 Å². The number of amides is 1. The third kappa shape index (κ3) is 2.65. The average molecular weight is 355 g/mol. The second kappa shape index (κ2) is 5.68. The summed E-state index contributed by atoms with van der Waals surface area (Å²) in [6.45, 7) is 11.2. The summed E-state index contributed by atoms with van der Waals surface area (Å²) in [7, 11) is 0. The quantitative estimate of drug-likeness (QED) is 0.620. The molecule has 1 saturated heterocycles. The summed E-state index contributed by atoms with van der Waals surface area (Å²) in [5.74, 6) is -0.00191. The van der Waals surface area contributed by atoms with Crippen molar-refractivity contribution in [3.63, 3.8) is 0 Å². The molecule has 0 aromatic heterocycles. The fraction of sp³-hybridized carbons (Fsp3) is 0.524. The number of nitrogens with zero attached hydrogens (tertiary/aromatic N) is 2. The van der Waals surface area contributed by atoms with Crippen LogP contribution >= 0.6 is 0 Å². The Morgan fingerprint density at radius 1 is 1.19 bits per heavy atom. The van der Waals surface area contributed by atoms with Gasteiger partial charge in [0.25, 0.3) is 11.6 Å². The van der Waals surface area contributed by atoms with Gasteiger partial charge < -0.3 is 9.64 Å². The van der Waals surface area contributed by atoms with Crippen LogP contribution in [0.2, 0.25) is 0 Å². The SMILES string of the molecule is CC1(C)C=C2C(=[N+](O)c3cc(C(=O)N4CCOCC4)ccc32)C(C)(C)C1. The van der Waals surface area contributed by atoms with E-state index in [-0.39, 0.29) is 16.7 Å². The van der Waals surface area contributed by atoms with E-state index in [9.17, 15) is 10.0 Å². The molecule has 0 bridgehead atoms. The first kappa shape index (κ1) is 17.3. The average Bonchev–Trinajstić information content (AvgIpc) is 2.85. The molecule has 5 heteroatoms. The van der Waals surface area contributed by atoms with Gasteiger partial charge in [0.15, 0.2) is 0 Å². The molecule has 26 heavy (non-hydrogen) atoms. The summed E-state index contributed by atoms with van der Waals surface area (Å²) in [5, 5.41) is 10.9. The zero-order chi connectivity index (χ0) is 18.7. The summed E-state index contributed by atoms with van der Waals surface area (Å²) in [5.41, 5.74) is 4.26. The van der Waals surface area contributed by atoms with E-state index in [2.05, 4.69) is 33.8 Å². The van der Waals surface area contributed by atoms with Crippen molar-refractivity contribution < 1.29 is 19.5 Å². The molecule has 0 atom stereocenters. The lowest BCUT2D eigenvalue weighted by molar-refractivity contribution is -0.712. The van der Waals surface area contributed by atoms with E-state index in [1.54, 1.807) is 0 Å². The van der Waals surface area contributed by atoms with E-state index < -0.39 is 0 Å². The Morgan fingerprint density at radius 2 is 1.88 bits per heavy atom. The molecule has 2 aliphatic heterocycles. The minimum absolute atomic E-state index is 0.00191. The van der Waals surface area contributed by atoms with Crippen molar-refractivity contribution in [1.82, 2.24) is 4.90 Å². The maximum absolute atomic E-state index is 12.8. The predicted molar refractivity (Wildman–Crippen MR) is 100 cm³/mol. The molecule has 1 N–H and O–H groups in total. The van der Waals surface area contributed by atoms with Crippen LogP contribution in [0.4, 0.5) is 5.69 Å². The monoisotopic (exact) mass is 355 g/mol. The highest BCUT2D eigenvalue weighted by Crippen LogP contribution is 2.50. The fourth-order valence-electron chi connectivity index (χ4n) is 4.84. The summed E-state index contributed by atoms with van der Waals surface area (Å²) in [6, 6.07) is 5.67. The molecular weight excluding hydrogens is 328 g/mol. The molecule has 1 amide bonds. The van der Waals surface area contributed by atoms with Gasteiger partial charge in [0.05, 0.1) is 29.8 Å². The number of morpholine rings is 1. The van der Waals surface area contributed by atoms with Crippen LogP contribution in [-0.2, 0) is 4.74 Å². The van der Waals surface area contributed by atoms with E-state index in [1.165, 1.54) is 4.74 Å². The minimum Gasteiger partial charge on any atom is -0.378 e. The maximum Gasteiger partial charge on any atom is 0.266 e. The van der Waals surface area contributed by atoms with Crippen molar-refractivity contribution in [2.45, 2.75) is 34.1 Å². The Balaban J connectivity index is 1.78. The second-order valence-corrected chi connectivity index (χ2v) is 8.90. The molecule has 5 nitrogen and oxygen atoms in total. The van der Waals surface area contributed by atoms with Gasteiger partial charge in [-0.2, -0.15) is 0 Å². The lowest BCUT2D eigenvalue weighted by atomic mass is 9.65. The van der Waals surface area contributed by atoms with Gasteiger partial charge in [-0.3, -0.25) is 10.0 Å². The lowest BCUT2D eigenvalue weighted by Crippen LogP contribution is -2.40. The highest BCUT2D eigenvalue weighted by atomic mass is 16.5. The van der Waals surface area contributed by atoms with Crippen LogP contribution < -0.4 is 0 Å². The highest BCUT2D eigenvalue weighted by molar-refractivity contribution is 6.27. The minimum atomic E-state index is -0.143. The van der Waals surface area contributed by atoms with Crippen molar-refractivity contribution in [3.8, 4) is 0 Å². The number of fused-ring (bicyclic) bond motifs is 3. The van der Waals surface area contributed by atoms with Crippen LogP contribution in [0.15, 0.2) is 24.3 Å². The molecule has 1 aromatic rings. The van der Waals surface area contributed by atoms with Crippen molar-refractivity contribution >= 4 is 22.9 Å². The van der Waals surface area contributed by atoms with Crippen LogP contribution in [0, 0.1) is 10.8 Å². The number of benzene rings is 1. The molecule has 0 radical (unpaired) electrons. The third-order valence-corrected chi connectivity index (χ3v) is 5.60. The van der Waals surface area contributed by atoms with E-state index in [1.807, 2.05) is 23.1 Å². The van der Waals surface area contributed by atoms with Crippen LogP contribution in [0.3, 0.4) is 0 Å². The lowest BCUT2D eigenvalue weighted by Gasteiger charge is -2.35. The van der Waals surface area contributed by atoms with Crippen molar-refractivity contribution in [2.75, 3.05) is 26.3 Å². The first-order chi connectivity index (χ1) is 12.2. The molecule has 4 rings (SSSR count). The third-order valence-electron chi connectivity index (χ3n) is 5.60. The molecule has 0 spiro atoms.